The zero-order valence-corrected chi connectivity index (χ0v) is 8.52. The van der Waals surface area contributed by atoms with Gasteiger partial charge in [-0.15, -0.1) is 0 Å². The molecule has 0 fully saturated rings. The summed E-state index contributed by atoms with van der Waals surface area (Å²) in [6, 6.07) is 1.64. The maximum absolute atomic E-state index is 11.3. The molecule has 0 radical (unpaired) electrons. The topological polar surface area (TPSA) is 93.2 Å². The van der Waals surface area contributed by atoms with E-state index in [1.165, 1.54) is 4.68 Å². The molecule has 15 heavy (non-hydrogen) atoms. The third-order valence-electron chi connectivity index (χ3n) is 1.87. The van der Waals surface area contributed by atoms with Crippen LogP contribution in [0.5, 0.6) is 0 Å². The lowest BCUT2D eigenvalue weighted by molar-refractivity contribution is -0.121. The van der Waals surface area contributed by atoms with Gasteiger partial charge in [-0.1, -0.05) is 0 Å². The molecule has 0 atom stereocenters. The van der Waals surface area contributed by atoms with Crippen molar-refractivity contribution >= 4 is 11.7 Å². The fourth-order valence-corrected chi connectivity index (χ4v) is 1.13. The van der Waals surface area contributed by atoms with E-state index in [1.54, 1.807) is 12.3 Å². The number of hydrogen-bond donors (Lipinski definition) is 3. The molecular formula is C9H16N4O2. The average Bonchev–Trinajstić information content (AvgIpc) is 2.59. The second-order valence-electron chi connectivity index (χ2n) is 3.22. The normalized spacial score (nSPS) is 10.2. The van der Waals surface area contributed by atoms with Gasteiger partial charge in [0, 0.05) is 19.3 Å². The van der Waals surface area contributed by atoms with Gasteiger partial charge in [0.25, 0.3) is 0 Å². The number of aliphatic hydroxyl groups excluding tert-OH is 1. The van der Waals surface area contributed by atoms with Gasteiger partial charge in [-0.05, 0) is 18.9 Å². The number of nitrogen functional groups attached to an aromatic ring is 1. The molecule has 1 amide bonds. The third-order valence-corrected chi connectivity index (χ3v) is 1.87. The van der Waals surface area contributed by atoms with Crippen LogP contribution >= 0.6 is 0 Å². The number of unbranched alkanes of at least 4 members (excludes halogenated alkanes) is 1. The van der Waals surface area contributed by atoms with Crippen molar-refractivity contribution in [3.63, 3.8) is 0 Å². The van der Waals surface area contributed by atoms with E-state index in [4.69, 9.17) is 10.8 Å². The molecule has 84 valence electrons. The Morgan fingerprint density at radius 1 is 1.60 bits per heavy atom. The van der Waals surface area contributed by atoms with E-state index in [2.05, 4.69) is 10.4 Å². The predicted octanol–water partition coefficient (Wildman–Crippen LogP) is -0.646. The highest BCUT2D eigenvalue weighted by atomic mass is 16.2. The highest BCUT2D eigenvalue weighted by Gasteiger charge is 2.02. The molecule has 0 saturated heterocycles. The zero-order chi connectivity index (χ0) is 11.1. The fraction of sp³-hybridized carbons (Fsp3) is 0.556. The van der Waals surface area contributed by atoms with E-state index in [9.17, 15) is 4.79 Å². The Morgan fingerprint density at radius 2 is 2.40 bits per heavy atom. The molecule has 1 rings (SSSR count). The van der Waals surface area contributed by atoms with Gasteiger partial charge in [-0.2, -0.15) is 5.10 Å². The van der Waals surface area contributed by atoms with E-state index < -0.39 is 0 Å². The first kappa shape index (κ1) is 11.5. The van der Waals surface area contributed by atoms with Crippen molar-refractivity contribution in [3.8, 4) is 0 Å². The predicted molar refractivity (Wildman–Crippen MR) is 56.0 cm³/mol. The molecule has 4 N–H and O–H groups in total. The van der Waals surface area contributed by atoms with Crippen LogP contribution in [0.2, 0.25) is 0 Å². The summed E-state index contributed by atoms with van der Waals surface area (Å²) in [5, 5.41) is 15.1. The monoisotopic (exact) mass is 212 g/mol. The van der Waals surface area contributed by atoms with Crippen molar-refractivity contribution in [1.29, 1.82) is 0 Å². The van der Waals surface area contributed by atoms with Crippen molar-refractivity contribution in [2.45, 2.75) is 19.4 Å². The quantitative estimate of drug-likeness (QED) is 0.546. The summed E-state index contributed by atoms with van der Waals surface area (Å²) in [7, 11) is 0. The van der Waals surface area contributed by atoms with E-state index >= 15 is 0 Å². The Balaban J connectivity index is 2.18. The van der Waals surface area contributed by atoms with Crippen LogP contribution in [0.3, 0.4) is 0 Å². The molecule has 0 spiro atoms. The van der Waals surface area contributed by atoms with Crippen molar-refractivity contribution in [1.82, 2.24) is 15.1 Å². The van der Waals surface area contributed by atoms with Crippen LogP contribution in [0, 0.1) is 0 Å². The SMILES string of the molecule is Nc1ccn(CC(=O)NCCCCO)n1. The van der Waals surface area contributed by atoms with Crippen LogP contribution in [-0.4, -0.2) is 33.9 Å². The summed E-state index contributed by atoms with van der Waals surface area (Å²) in [4.78, 5) is 11.3. The lowest BCUT2D eigenvalue weighted by atomic mass is 10.3. The zero-order valence-electron chi connectivity index (χ0n) is 8.52. The van der Waals surface area contributed by atoms with Gasteiger partial charge in [0.15, 0.2) is 0 Å². The number of aromatic nitrogens is 2. The molecule has 0 bridgehead atoms. The molecule has 1 heterocycles. The lowest BCUT2D eigenvalue weighted by Gasteiger charge is -2.04. The van der Waals surface area contributed by atoms with Crippen molar-refractivity contribution in [2.75, 3.05) is 18.9 Å². The highest BCUT2D eigenvalue weighted by molar-refractivity contribution is 5.75. The van der Waals surface area contributed by atoms with E-state index in [-0.39, 0.29) is 19.1 Å². The van der Waals surface area contributed by atoms with Gasteiger partial charge in [0.1, 0.15) is 12.4 Å². The van der Waals surface area contributed by atoms with Crippen molar-refractivity contribution in [3.05, 3.63) is 12.3 Å². The van der Waals surface area contributed by atoms with Gasteiger partial charge in [-0.25, -0.2) is 0 Å². The number of aliphatic hydroxyl groups is 1. The first-order valence-electron chi connectivity index (χ1n) is 4.89. The van der Waals surface area contributed by atoms with E-state index in [0.29, 0.717) is 18.8 Å². The largest absolute Gasteiger partial charge is 0.396 e. The number of nitrogens with one attached hydrogen (secondary N) is 1. The molecule has 0 aliphatic heterocycles. The van der Waals surface area contributed by atoms with Gasteiger partial charge in [0.2, 0.25) is 5.91 Å². The molecule has 0 aliphatic carbocycles. The Labute approximate surface area is 88.1 Å². The van der Waals surface area contributed by atoms with Crippen molar-refractivity contribution in [2.24, 2.45) is 0 Å². The Morgan fingerprint density at radius 3 is 3.00 bits per heavy atom. The Bertz CT molecular complexity index is 311. The van der Waals surface area contributed by atoms with Crippen LogP contribution in [-0.2, 0) is 11.3 Å². The number of nitrogens with zero attached hydrogens (tertiary/aromatic N) is 2. The Kier molecular flexibility index (Phi) is 4.62. The van der Waals surface area contributed by atoms with Gasteiger partial charge in [-0.3, -0.25) is 9.48 Å². The van der Waals surface area contributed by atoms with Crippen LogP contribution < -0.4 is 11.1 Å². The van der Waals surface area contributed by atoms with Gasteiger partial charge in [0.05, 0.1) is 0 Å². The maximum Gasteiger partial charge on any atom is 0.241 e. The maximum atomic E-state index is 11.3. The van der Waals surface area contributed by atoms with Crippen LogP contribution in [0.4, 0.5) is 5.82 Å². The van der Waals surface area contributed by atoms with Gasteiger partial charge >= 0.3 is 0 Å². The van der Waals surface area contributed by atoms with E-state index in [1.807, 2.05) is 0 Å². The summed E-state index contributed by atoms with van der Waals surface area (Å²) in [5.74, 6) is 0.305. The van der Waals surface area contributed by atoms with Gasteiger partial charge < -0.3 is 16.2 Å². The smallest absolute Gasteiger partial charge is 0.241 e. The van der Waals surface area contributed by atoms with Crippen LogP contribution in [0.1, 0.15) is 12.8 Å². The molecule has 1 aromatic heterocycles. The molecular weight excluding hydrogens is 196 g/mol. The van der Waals surface area contributed by atoms with E-state index in [0.717, 1.165) is 6.42 Å². The average molecular weight is 212 g/mol. The van der Waals surface area contributed by atoms with Crippen LogP contribution in [0.15, 0.2) is 12.3 Å². The molecule has 0 aliphatic rings. The molecule has 0 aromatic carbocycles. The number of nitrogens with two attached hydrogens (primary N) is 1. The summed E-state index contributed by atoms with van der Waals surface area (Å²) < 4.78 is 1.48. The van der Waals surface area contributed by atoms with Crippen molar-refractivity contribution < 1.29 is 9.90 Å². The second kappa shape index (κ2) is 6.02. The molecule has 1 aromatic rings. The molecule has 6 nitrogen and oxygen atoms in total. The van der Waals surface area contributed by atoms with Crippen LogP contribution in [0.25, 0.3) is 0 Å². The number of anilines is 1. The first-order valence-corrected chi connectivity index (χ1v) is 4.89. The number of hydrogen-bond acceptors (Lipinski definition) is 4. The molecule has 0 unspecified atom stereocenters. The molecule has 0 saturated carbocycles. The summed E-state index contributed by atoms with van der Waals surface area (Å²) >= 11 is 0. The second-order valence-corrected chi connectivity index (χ2v) is 3.22. The lowest BCUT2D eigenvalue weighted by Crippen LogP contribution is -2.28. The number of rotatable bonds is 6. The fourth-order valence-electron chi connectivity index (χ4n) is 1.13. The number of carbonyl (C=O) groups is 1. The number of amides is 1. The molecule has 6 heteroatoms. The minimum absolute atomic E-state index is 0.101. The summed E-state index contributed by atoms with van der Waals surface area (Å²) in [5.41, 5.74) is 5.40. The summed E-state index contributed by atoms with van der Waals surface area (Å²) in [6.45, 7) is 0.915. The minimum atomic E-state index is -0.101. The first-order chi connectivity index (χ1) is 7.22. The Hall–Kier alpha value is -1.56. The minimum Gasteiger partial charge on any atom is -0.396 e. The summed E-state index contributed by atoms with van der Waals surface area (Å²) in [6.07, 6.45) is 3.14. The number of carbonyl (C=O) groups excluding carboxylic acids is 1. The third kappa shape index (κ3) is 4.46. The highest BCUT2D eigenvalue weighted by Crippen LogP contribution is 1.95. The standard InChI is InChI=1S/C9H16N4O2/c10-8-3-5-13(12-8)7-9(15)11-4-1-2-6-14/h3,5,14H,1-2,4,6-7H2,(H2,10,12)(H,11,15).